The topological polar surface area (TPSA) is 43.2 Å². The summed E-state index contributed by atoms with van der Waals surface area (Å²) in [5.74, 6) is 1.51. The highest BCUT2D eigenvalue weighted by molar-refractivity contribution is 5.81. The van der Waals surface area contributed by atoms with Crippen LogP contribution in [0.4, 0.5) is 0 Å². The van der Waals surface area contributed by atoms with Gasteiger partial charge in [-0.15, -0.1) is 0 Å². The molecule has 24 heavy (non-hydrogen) atoms. The second kappa shape index (κ2) is 5.91. The van der Waals surface area contributed by atoms with Crippen LogP contribution in [0.15, 0.2) is 36.8 Å². The lowest BCUT2D eigenvalue weighted by molar-refractivity contribution is 0.198. The highest BCUT2D eigenvalue weighted by Gasteiger charge is 2.23. The molecule has 0 saturated heterocycles. The number of hydrogen-bond donors (Lipinski definition) is 0. The van der Waals surface area contributed by atoms with Crippen LogP contribution >= 0.6 is 0 Å². The molecule has 1 aromatic carbocycles. The molecule has 1 aliphatic heterocycles. The predicted molar refractivity (Wildman–Crippen MR) is 94.3 cm³/mol. The summed E-state index contributed by atoms with van der Waals surface area (Å²) in [5, 5.41) is 1.17. The van der Waals surface area contributed by atoms with Crippen molar-refractivity contribution in [2.24, 2.45) is 7.05 Å². The van der Waals surface area contributed by atoms with E-state index in [4.69, 9.17) is 4.74 Å². The van der Waals surface area contributed by atoms with Gasteiger partial charge in [-0.3, -0.25) is 4.90 Å². The van der Waals surface area contributed by atoms with Crippen LogP contribution in [-0.4, -0.2) is 32.0 Å². The monoisotopic (exact) mass is 322 g/mol. The van der Waals surface area contributed by atoms with Crippen molar-refractivity contribution in [2.45, 2.75) is 32.9 Å². The smallest absolute Gasteiger partial charge is 0.225 e. The van der Waals surface area contributed by atoms with Gasteiger partial charge in [-0.1, -0.05) is 0 Å². The Balaban J connectivity index is 1.64. The molecule has 4 rings (SSSR count). The van der Waals surface area contributed by atoms with E-state index in [1.54, 1.807) is 6.33 Å². The summed E-state index contributed by atoms with van der Waals surface area (Å²) < 4.78 is 8.21. The van der Waals surface area contributed by atoms with Crippen molar-refractivity contribution >= 4 is 10.9 Å². The SMILES string of the molecule is CC(C)N1CCc2c(ncnc2Oc2ccc3c(ccn3C)c2)C1. The maximum atomic E-state index is 6.11. The van der Waals surface area contributed by atoms with Gasteiger partial charge in [-0.2, -0.15) is 0 Å². The fourth-order valence-electron chi connectivity index (χ4n) is 3.31. The summed E-state index contributed by atoms with van der Waals surface area (Å²) in [4.78, 5) is 11.3. The van der Waals surface area contributed by atoms with Crippen LogP contribution in [0.3, 0.4) is 0 Å². The molecule has 0 bridgehead atoms. The molecule has 0 spiro atoms. The molecule has 0 unspecified atom stereocenters. The van der Waals surface area contributed by atoms with E-state index in [9.17, 15) is 0 Å². The number of fused-ring (bicyclic) bond motifs is 2. The van der Waals surface area contributed by atoms with Gasteiger partial charge in [0.25, 0.3) is 0 Å². The number of benzene rings is 1. The molecule has 5 heteroatoms. The number of hydrogen-bond acceptors (Lipinski definition) is 4. The summed E-state index contributed by atoms with van der Waals surface area (Å²) in [7, 11) is 2.05. The lowest BCUT2D eigenvalue weighted by Gasteiger charge is -2.31. The van der Waals surface area contributed by atoms with E-state index < -0.39 is 0 Å². The molecular weight excluding hydrogens is 300 g/mol. The van der Waals surface area contributed by atoms with E-state index in [0.717, 1.165) is 36.5 Å². The largest absolute Gasteiger partial charge is 0.439 e. The first kappa shape index (κ1) is 15.1. The van der Waals surface area contributed by atoms with Crippen LogP contribution < -0.4 is 4.74 Å². The third-order valence-electron chi connectivity index (χ3n) is 4.80. The molecule has 0 aliphatic carbocycles. The molecule has 1 aliphatic rings. The Hall–Kier alpha value is -2.40. The lowest BCUT2D eigenvalue weighted by atomic mass is 10.0. The third kappa shape index (κ3) is 2.65. The van der Waals surface area contributed by atoms with Gasteiger partial charge >= 0.3 is 0 Å². The Labute approximate surface area is 141 Å². The minimum absolute atomic E-state index is 0.526. The first-order valence-electron chi connectivity index (χ1n) is 8.41. The van der Waals surface area contributed by atoms with Gasteiger partial charge in [0.2, 0.25) is 5.88 Å². The van der Waals surface area contributed by atoms with Crippen LogP contribution in [0.25, 0.3) is 10.9 Å². The Kier molecular flexibility index (Phi) is 3.73. The molecular formula is C19H22N4O. The number of rotatable bonds is 3. The van der Waals surface area contributed by atoms with Crippen LogP contribution in [-0.2, 0) is 20.0 Å². The van der Waals surface area contributed by atoms with E-state index in [0.29, 0.717) is 11.9 Å². The summed E-state index contributed by atoms with van der Waals surface area (Å²) in [6.07, 6.45) is 4.60. The van der Waals surface area contributed by atoms with Gasteiger partial charge in [0.1, 0.15) is 12.1 Å². The summed E-state index contributed by atoms with van der Waals surface area (Å²) in [5.41, 5.74) is 3.42. The Morgan fingerprint density at radius 3 is 2.88 bits per heavy atom. The zero-order valence-electron chi connectivity index (χ0n) is 14.4. The van der Waals surface area contributed by atoms with Crippen molar-refractivity contribution < 1.29 is 4.74 Å². The molecule has 3 aromatic rings. The second-order valence-corrected chi connectivity index (χ2v) is 6.67. The van der Waals surface area contributed by atoms with Crippen molar-refractivity contribution in [1.29, 1.82) is 0 Å². The number of aromatic nitrogens is 3. The van der Waals surface area contributed by atoms with Crippen molar-refractivity contribution in [2.75, 3.05) is 6.54 Å². The van der Waals surface area contributed by atoms with E-state index in [-0.39, 0.29) is 0 Å². The maximum absolute atomic E-state index is 6.11. The molecule has 3 heterocycles. The molecule has 0 N–H and O–H groups in total. The van der Waals surface area contributed by atoms with Crippen LogP contribution in [0.2, 0.25) is 0 Å². The highest BCUT2D eigenvalue weighted by atomic mass is 16.5. The van der Waals surface area contributed by atoms with Crippen molar-refractivity contribution in [3.63, 3.8) is 0 Å². The highest BCUT2D eigenvalue weighted by Crippen LogP contribution is 2.30. The van der Waals surface area contributed by atoms with Crippen molar-refractivity contribution in [1.82, 2.24) is 19.4 Å². The molecule has 2 aromatic heterocycles. The van der Waals surface area contributed by atoms with Crippen LogP contribution in [0.1, 0.15) is 25.1 Å². The van der Waals surface area contributed by atoms with Crippen LogP contribution in [0.5, 0.6) is 11.6 Å². The van der Waals surface area contributed by atoms with E-state index in [1.165, 1.54) is 10.9 Å². The van der Waals surface area contributed by atoms with Gasteiger partial charge in [-0.25, -0.2) is 9.97 Å². The first-order valence-corrected chi connectivity index (χ1v) is 8.41. The van der Waals surface area contributed by atoms with Gasteiger partial charge in [0.05, 0.1) is 5.69 Å². The summed E-state index contributed by atoms with van der Waals surface area (Å²) in [6.45, 7) is 6.33. The van der Waals surface area contributed by atoms with Gasteiger partial charge in [0.15, 0.2) is 0 Å². The third-order valence-corrected chi connectivity index (χ3v) is 4.80. The van der Waals surface area contributed by atoms with E-state index >= 15 is 0 Å². The Morgan fingerprint density at radius 2 is 2.04 bits per heavy atom. The molecule has 0 radical (unpaired) electrons. The van der Waals surface area contributed by atoms with Gasteiger partial charge in [0, 0.05) is 48.8 Å². The van der Waals surface area contributed by atoms with Crippen LogP contribution in [0, 0.1) is 0 Å². The van der Waals surface area contributed by atoms with E-state index in [1.807, 2.05) is 13.1 Å². The predicted octanol–water partition coefficient (Wildman–Crippen LogP) is 3.53. The zero-order chi connectivity index (χ0) is 16.7. The normalized spacial score (nSPS) is 15.0. The minimum Gasteiger partial charge on any atom is -0.439 e. The molecule has 0 fully saturated rings. The molecule has 0 amide bonds. The fraction of sp³-hybridized carbons (Fsp3) is 0.368. The molecule has 5 nitrogen and oxygen atoms in total. The lowest BCUT2D eigenvalue weighted by Crippen LogP contribution is -2.36. The van der Waals surface area contributed by atoms with Gasteiger partial charge in [-0.05, 0) is 44.5 Å². The zero-order valence-corrected chi connectivity index (χ0v) is 14.4. The second-order valence-electron chi connectivity index (χ2n) is 6.67. The van der Waals surface area contributed by atoms with Gasteiger partial charge < -0.3 is 9.30 Å². The Morgan fingerprint density at radius 1 is 1.17 bits per heavy atom. The number of nitrogens with zero attached hydrogens (tertiary/aromatic N) is 4. The van der Waals surface area contributed by atoms with E-state index in [2.05, 4.69) is 57.7 Å². The molecule has 124 valence electrons. The molecule has 0 atom stereocenters. The number of aryl methyl sites for hydroxylation is 1. The summed E-state index contributed by atoms with van der Waals surface area (Å²) >= 11 is 0. The first-order chi connectivity index (χ1) is 11.6. The fourth-order valence-corrected chi connectivity index (χ4v) is 3.31. The maximum Gasteiger partial charge on any atom is 0.225 e. The molecule has 0 saturated carbocycles. The van der Waals surface area contributed by atoms with Crippen molar-refractivity contribution in [3.05, 3.63) is 48.0 Å². The minimum atomic E-state index is 0.526. The average Bonchev–Trinajstić information content (AvgIpc) is 2.95. The summed E-state index contributed by atoms with van der Waals surface area (Å²) in [6, 6.07) is 8.77. The van der Waals surface area contributed by atoms with Crippen molar-refractivity contribution in [3.8, 4) is 11.6 Å². The number of ether oxygens (including phenoxy) is 1. The average molecular weight is 322 g/mol. The standard InChI is InChI=1S/C19H22N4O/c1-13(2)23-9-7-16-17(11-23)20-12-21-19(16)24-15-4-5-18-14(10-15)6-8-22(18)3/h4-6,8,10,12-13H,7,9,11H2,1-3H3. The quantitative estimate of drug-likeness (QED) is 0.740. The Bertz CT molecular complexity index is 884.